The fraction of sp³-hybridized carbons (Fsp3) is 0.750. The summed E-state index contributed by atoms with van der Waals surface area (Å²) in [6.45, 7) is 7.45. The quantitative estimate of drug-likeness (QED) is 0.886. The Labute approximate surface area is 116 Å². The van der Waals surface area contributed by atoms with Crippen LogP contribution in [0.15, 0.2) is 22.8 Å². The summed E-state index contributed by atoms with van der Waals surface area (Å²) in [5.41, 5.74) is 6.72. The fourth-order valence-corrected chi connectivity index (χ4v) is 3.09. The molecule has 108 valence electrons. The number of ether oxygens (including phenoxy) is 1. The van der Waals surface area contributed by atoms with E-state index in [4.69, 9.17) is 14.9 Å². The Balaban J connectivity index is 2.06. The maximum atomic E-state index is 6.46. The van der Waals surface area contributed by atoms with Gasteiger partial charge in [0.15, 0.2) is 0 Å². The van der Waals surface area contributed by atoms with E-state index >= 15 is 0 Å². The molecule has 1 aliphatic carbocycles. The third-order valence-corrected chi connectivity index (χ3v) is 4.56. The van der Waals surface area contributed by atoms with Gasteiger partial charge in [0.05, 0.1) is 11.9 Å². The van der Waals surface area contributed by atoms with Crippen molar-refractivity contribution in [2.45, 2.75) is 64.5 Å². The van der Waals surface area contributed by atoms with Crippen molar-refractivity contribution in [1.82, 2.24) is 0 Å². The molecule has 3 heteroatoms. The highest BCUT2D eigenvalue weighted by atomic mass is 16.5. The Kier molecular flexibility index (Phi) is 4.36. The van der Waals surface area contributed by atoms with E-state index in [0.717, 1.165) is 31.6 Å². The Morgan fingerprint density at radius 3 is 2.53 bits per heavy atom. The van der Waals surface area contributed by atoms with Crippen LogP contribution < -0.4 is 5.73 Å². The first-order chi connectivity index (χ1) is 8.97. The van der Waals surface area contributed by atoms with Gasteiger partial charge in [0.1, 0.15) is 5.76 Å². The number of nitrogens with two attached hydrogens (primary N) is 1. The van der Waals surface area contributed by atoms with Gasteiger partial charge in [0.25, 0.3) is 0 Å². The van der Waals surface area contributed by atoms with Crippen molar-refractivity contribution in [2.75, 3.05) is 6.61 Å². The molecule has 1 aromatic heterocycles. The monoisotopic (exact) mass is 265 g/mol. The first-order valence-corrected chi connectivity index (χ1v) is 7.39. The highest BCUT2D eigenvalue weighted by Crippen LogP contribution is 2.43. The predicted octanol–water partition coefficient (Wildman–Crippen LogP) is 3.52. The minimum atomic E-state index is -0.170. The SMILES string of the molecule is CCOC1(C(N)Cc2ccco2)CCC(C)(C)CC1. The molecule has 3 nitrogen and oxygen atoms in total. The molecule has 1 saturated carbocycles. The molecule has 1 heterocycles. The van der Waals surface area contributed by atoms with Crippen LogP contribution in [0, 0.1) is 5.41 Å². The largest absolute Gasteiger partial charge is 0.469 e. The van der Waals surface area contributed by atoms with Crippen LogP contribution in [0.5, 0.6) is 0 Å². The van der Waals surface area contributed by atoms with Crippen LogP contribution in [0.25, 0.3) is 0 Å². The molecule has 1 unspecified atom stereocenters. The zero-order valence-electron chi connectivity index (χ0n) is 12.4. The molecule has 19 heavy (non-hydrogen) atoms. The fourth-order valence-electron chi connectivity index (χ4n) is 3.09. The molecule has 2 N–H and O–H groups in total. The second-order valence-electron chi connectivity index (χ2n) is 6.55. The van der Waals surface area contributed by atoms with Gasteiger partial charge in [-0.1, -0.05) is 13.8 Å². The van der Waals surface area contributed by atoms with Crippen LogP contribution in [-0.2, 0) is 11.2 Å². The molecule has 0 aliphatic heterocycles. The minimum Gasteiger partial charge on any atom is -0.469 e. The molecule has 1 atom stereocenters. The van der Waals surface area contributed by atoms with Crippen molar-refractivity contribution in [3.63, 3.8) is 0 Å². The summed E-state index contributed by atoms with van der Waals surface area (Å²) in [7, 11) is 0. The van der Waals surface area contributed by atoms with Crippen LogP contribution in [0.1, 0.15) is 52.2 Å². The van der Waals surface area contributed by atoms with Gasteiger partial charge in [-0.2, -0.15) is 0 Å². The van der Waals surface area contributed by atoms with Crippen molar-refractivity contribution in [1.29, 1.82) is 0 Å². The first kappa shape index (κ1) is 14.6. The van der Waals surface area contributed by atoms with Gasteiger partial charge < -0.3 is 14.9 Å². The minimum absolute atomic E-state index is 0.00898. The summed E-state index contributed by atoms with van der Waals surface area (Å²) >= 11 is 0. The molecule has 2 rings (SSSR count). The van der Waals surface area contributed by atoms with Gasteiger partial charge in [0, 0.05) is 19.1 Å². The lowest BCUT2D eigenvalue weighted by atomic mass is 9.68. The van der Waals surface area contributed by atoms with Crippen molar-refractivity contribution in [3.8, 4) is 0 Å². The molecule has 0 saturated heterocycles. The van der Waals surface area contributed by atoms with E-state index in [1.807, 2.05) is 12.1 Å². The van der Waals surface area contributed by atoms with Gasteiger partial charge in [-0.15, -0.1) is 0 Å². The Morgan fingerprint density at radius 2 is 2.00 bits per heavy atom. The van der Waals surface area contributed by atoms with Crippen molar-refractivity contribution < 1.29 is 9.15 Å². The van der Waals surface area contributed by atoms with E-state index in [-0.39, 0.29) is 11.6 Å². The van der Waals surface area contributed by atoms with Gasteiger partial charge in [-0.05, 0) is 50.2 Å². The van der Waals surface area contributed by atoms with E-state index in [0.29, 0.717) is 5.41 Å². The van der Waals surface area contributed by atoms with Gasteiger partial charge in [-0.25, -0.2) is 0 Å². The first-order valence-electron chi connectivity index (χ1n) is 7.39. The molecule has 1 fully saturated rings. The topological polar surface area (TPSA) is 48.4 Å². The summed E-state index contributed by atoms with van der Waals surface area (Å²) < 4.78 is 11.5. The third kappa shape index (κ3) is 3.40. The number of hydrogen-bond donors (Lipinski definition) is 1. The smallest absolute Gasteiger partial charge is 0.105 e. The average Bonchev–Trinajstić information content (AvgIpc) is 2.85. The molecule has 1 aliphatic rings. The van der Waals surface area contributed by atoms with Gasteiger partial charge in [0.2, 0.25) is 0 Å². The molecule has 0 aromatic carbocycles. The lowest BCUT2D eigenvalue weighted by Gasteiger charge is -2.46. The maximum Gasteiger partial charge on any atom is 0.105 e. The normalized spacial score (nSPS) is 23.2. The van der Waals surface area contributed by atoms with E-state index in [1.54, 1.807) is 6.26 Å². The lowest BCUT2D eigenvalue weighted by Crippen LogP contribution is -2.54. The van der Waals surface area contributed by atoms with Crippen LogP contribution in [0.4, 0.5) is 0 Å². The van der Waals surface area contributed by atoms with Crippen LogP contribution in [0.3, 0.4) is 0 Å². The highest BCUT2D eigenvalue weighted by molar-refractivity contribution is 5.06. The van der Waals surface area contributed by atoms with E-state index in [9.17, 15) is 0 Å². The van der Waals surface area contributed by atoms with E-state index in [1.165, 1.54) is 12.8 Å². The highest BCUT2D eigenvalue weighted by Gasteiger charge is 2.43. The molecule has 0 amide bonds. The molecular weight excluding hydrogens is 238 g/mol. The molecule has 0 radical (unpaired) electrons. The van der Waals surface area contributed by atoms with E-state index < -0.39 is 0 Å². The van der Waals surface area contributed by atoms with Crippen LogP contribution in [0.2, 0.25) is 0 Å². The third-order valence-electron chi connectivity index (χ3n) is 4.56. The maximum absolute atomic E-state index is 6.46. The van der Waals surface area contributed by atoms with Crippen molar-refractivity contribution in [2.24, 2.45) is 11.1 Å². The lowest BCUT2D eigenvalue weighted by molar-refractivity contribution is -0.0993. The van der Waals surface area contributed by atoms with Crippen LogP contribution >= 0.6 is 0 Å². The zero-order valence-corrected chi connectivity index (χ0v) is 12.4. The zero-order chi connectivity index (χ0) is 13.9. The van der Waals surface area contributed by atoms with Gasteiger partial charge >= 0.3 is 0 Å². The number of hydrogen-bond acceptors (Lipinski definition) is 3. The van der Waals surface area contributed by atoms with Gasteiger partial charge in [-0.3, -0.25) is 0 Å². The van der Waals surface area contributed by atoms with Crippen molar-refractivity contribution >= 4 is 0 Å². The van der Waals surface area contributed by atoms with Crippen LogP contribution in [-0.4, -0.2) is 18.2 Å². The van der Waals surface area contributed by atoms with Crippen molar-refractivity contribution in [3.05, 3.63) is 24.2 Å². The summed E-state index contributed by atoms with van der Waals surface area (Å²) in [6, 6.07) is 3.92. The Bertz CT molecular complexity index is 373. The summed E-state index contributed by atoms with van der Waals surface area (Å²) in [6.07, 6.45) is 6.93. The Hall–Kier alpha value is -0.800. The second-order valence-corrected chi connectivity index (χ2v) is 6.55. The Morgan fingerprint density at radius 1 is 1.32 bits per heavy atom. The molecule has 0 bridgehead atoms. The molecular formula is C16H27NO2. The summed E-state index contributed by atoms with van der Waals surface area (Å²) in [5.74, 6) is 0.955. The summed E-state index contributed by atoms with van der Waals surface area (Å²) in [5, 5.41) is 0. The summed E-state index contributed by atoms with van der Waals surface area (Å²) in [4.78, 5) is 0. The predicted molar refractivity (Wildman–Crippen MR) is 77.0 cm³/mol. The number of furan rings is 1. The number of rotatable bonds is 5. The van der Waals surface area contributed by atoms with E-state index in [2.05, 4.69) is 20.8 Å². The second kappa shape index (κ2) is 5.68. The average molecular weight is 265 g/mol. The molecule has 0 spiro atoms. The molecule has 1 aromatic rings. The standard InChI is InChI=1S/C16H27NO2/c1-4-19-16(9-7-15(2,3)8-10-16)14(17)12-13-6-5-11-18-13/h5-6,11,14H,4,7-10,12,17H2,1-3H3.